The van der Waals surface area contributed by atoms with E-state index in [1.54, 1.807) is 48.2 Å². The molecule has 0 aliphatic carbocycles. The van der Waals surface area contributed by atoms with Gasteiger partial charge in [0.25, 0.3) is 5.91 Å². The van der Waals surface area contributed by atoms with Gasteiger partial charge in [-0.25, -0.2) is 0 Å². The van der Waals surface area contributed by atoms with Gasteiger partial charge in [-0.15, -0.1) is 0 Å². The number of carbonyl (C=O) groups excluding carboxylic acids is 1. The Kier molecular flexibility index (Phi) is 9.82. The van der Waals surface area contributed by atoms with Crippen molar-refractivity contribution in [2.45, 2.75) is 45.4 Å². The highest BCUT2D eigenvalue weighted by Gasteiger charge is 2.11. The molecular weight excluding hydrogens is 314 g/mol. The van der Waals surface area contributed by atoms with Crippen molar-refractivity contribution < 1.29 is 4.79 Å². The summed E-state index contributed by atoms with van der Waals surface area (Å²) in [6.07, 6.45) is 9.24. The summed E-state index contributed by atoms with van der Waals surface area (Å²) in [5, 5.41) is 1.59. The number of hydrazine groups is 1. The minimum absolute atomic E-state index is 0.245. The van der Waals surface area contributed by atoms with Crippen LogP contribution in [-0.2, 0) is 0 Å². The molecule has 4 nitrogen and oxygen atoms in total. The van der Waals surface area contributed by atoms with Crippen LogP contribution in [0.3, 0.4) is 0 Å². The van der Waals surface area contributed by atoms with Crippen molar-refractivity contribution in [3.05, 3.63) is 30.1 Å². The average Bonchev–Trinajstić information content (AvgIpc) is 2.54. The van der Waals surface area contributed by atoms with E-state index in [2.05, 4.69) is 17.3 Å². The number of thiocarbonyl (C=S) groups is 1. The maximum Gasteiger partial charge on any atom is 0.288 e. The van der Waals surface area contributed by atoms with Gasteiger partial charge in [0.2, 0.25) is 0 Å². The van der Waals surface area contributed by atoms with Crippen LogP contribution in [0.4, 0.5) is 0 Å². The van der Waals surface area contributed by atoms with Crippen LogP contribution in [0.15, 0.2) is 24.4 Å². The number of nitrogens with zero attached hydrogens (tertiary/aromatic N) is 2. The third-order valence-electron chi connectivity index (χ3n) is 3.16. The van der Waals surface area contributed by atoms with E-state index >= 15 is 0 Å². The summed E-state index contributed by atoms with van der Waals surface area (Å²) < 4.78 is 0.679. The second-order valence-electron chi connectivity index (χ2n) is 5.10. The lowest BCUT2D eigenvalue weighted by Gasteiger charge is -2.20. The van der Waals surface area contributed by atoms with Gasteiger partial charge in [0.15, 0.2) is 4.32 Å². The first-order chi connectivity index (χ1) is 10.6. The topological polar surface area (TPSA) is 45.2 Å². The Morgan fingerprint density at radius 2 is 2.00 bits per heavy atom. The third kappa shape index (κ3) is 7.75. The number of thioether (sulfide) groups is 1. The molecule has 1 rings (SSSR count). The molecule has 1 heterocycles. The summed E-state index contributed by atoms with van der Waals surface area (Å²) in [7, 11) is 1.76. The van der Waals surface area contributed by atoms with E-state index in [-0.39, 0.29) is 5.91 Å². The van der Waals surface area contributed by atoms with Gasteiger partial charge >= 0.3 is 0 Å². The standard InChI is InChI=1S/C16H25N3OS2/c1-3-4-5-6-7-10-13-22-16(21)19(2)18-15(20)14-11-8-9-12-17-14/h8-9,11-12H,3-7,10,13H2,1-2H3,(H,18,20). The SMILES string of the molecule is CCCCCCCCSC(=S)N(C)NC(=O)c1ccccn1. The maximum absolute atomic E-state index is 12.0. The summed E-state index contributed by atoms with van der Waals surface area (Å²) in [5.41, 5.74) is 3.12. The number of amides is 1. The van der Waals surface area contributed by atoms with Gasteiger partial charge in [-0.2, -0.15) is 0 Å². The molecule has 0 aliphatic rings. The molecule has 0 fully saturated rings. The highest BCUT2D eigenvalue weighted by Crippen LogP contribution is 2.12. The fourth-order valence-corrected chi connectivity index (χ4v) is 2.95. The molecule has 0 aromatic carbocycles. The largest absolute Gasteiger partial charge is 0.288 e. The Labute approximate surface area is 143 Å². The van der Waals surface area contributed by atoms with E-state index in [0.717, 1.165) is 12.2 Å². The van der Waals surface area contributed by atoms with Crippen molar-refractivity contribution in [2.75, 3.05) is 12.8 Å². The summed E-state index contributed by atoms with van der Waals surface area (Å²) in [5.74, 6) is 0.750. The molecule has 0 unspecified atom stereocenters. The molecule has 0 saturated heterocycles. The quantitative estimate of drug-likeness (QED) is 0.440. The minimum atomic E-state index is -0.245. The summed E-state index contributed by atoms with van der Waals surface area (Å²) in [6.45, 7) is 2.23. The molecule has 0 aliphatic heterocycles. The van der Waals surface area contributed by atoms with Gasteiger partial charge in [0.05, 0.1) is 0 Å². The smallest absolute Gasteiger partial charge is 0.272 e. The Morgan fingerprint density at radius 3 is 2.68 bits per heavy atom. The number of rotatable bonds is 8. The van der Waals surface area contributed by atoms with Crippen LogP contribution in [0.2, 0.25) is 0 Å². The van der Waals surface area contributed by atoms with Gasteiger partial charge in [-0.05, 0) is 18.6 Å². The Morgan fingerprint density at radius 1 is 1.27 bits per heavy atom. The molecule has 122 valence electrons. The third-order valence-corrected chi connectivity index (χ3v) is 4.81. The molecule has 1 aromatic heterocycles. The van der Waals surface area contributed by atoms with Crippen molar-refractivity contribution in [1.82, 2.24) is 15.4 Å². The molecule has 1 amide bonds. The zero-order valence-electron chi connectivity index (χ0n) is 13.4. The van der Waals surface area contributed by atoms with Crippen LogP contribution in [-0.4, -0.2) is 33.0 Å². The number of carbonyl (C=O) groups is 1. The van der Waals surface area contributed by atoms with E-state index in [4.69, 9.17) is 12.2 Å². The van der Waals surface area contributed by atoms with Gasteiger partial charge in [0, 0.05) is 19.0 Å². The molecular formula is C16H25N3OS2. The molecule has 6 heteroatoms. The molecule has 1 N–H and O–H groups in total. The predicted molar refractivity (Wildman–Crippen MR) is 97.9 cm³/mol. The minimum Gasteiger partial charge on any atom is -0.272 e. The van der Waals surface area contributed by atoms with Crippen molar-refractivity contribution in [1.29, 1.82) is 0 Å². The number of nitrogens with one attached hydrogen (secondary N) is 1. The lowest BCUT2D eigenvalue weighted by molar-refractivity contribution is 0.0885. The van der Waals surface area contributed by atoms with E-state index in [9.17, 15) is 4.79 Å². The molecule has 0 radical (unpaired) electrons. The number of aromatic nitrogens is 1. The van der Waals surface area contributed by atoms with E-state index < -0.39 is 0 Å². The van der Waals surface area contributed by atoms with Crippen LogP contribution in [0.5, 0.6) is 0 Å². The van der Waals surface area contributed by atoms with Gasteiger partial charge < -0.3 is 0 Å². The molecule has 22 heavy (non-hydrogen) atoms. The number of pyridine rings is 1. The fourth-order valence-electron chi connectivity index (χ4n) is 1.89. The summed E-state index contributed by atoms with van der Waals surface area (Å²) in [4.78, 5) is 16.0. The molecule has 0 bridgehead atoms. The second-order valence-corrected chi connectivity index (χ2v) is 6.83. The van der Waals surface area contributed by atoms with Crippen LogP contribution < -0.4 is 5.43 Å². The van der Waals surface area contributed by atoms with Crippen LogP contribution in [0.1, 0.15) is 55.9 Å². The van der Waals surface area contributed by atoms with E-state index in [0.29, 0.717) is 10.0 Å². The highest BCUT2D eigenvalue weighted by atomic mass is 32.2. The Hall–Kier alpha value is -1.14. The highest BCUT2D eigenvalue weighted by molar-refractivity contribution is 8.22. The monoisotopic (exact) mass is 339 g/mol. The van der Waals surface area contributed by atoms with Gasteiger partial charge in [0.1, 0.15) is 5.69 Å². The van der Waals surface area contributed by atoms with Crippen LogP contribution >= 0.6 is 24.0 Å². The Bertz CT molecular complexity index is 454. The van der Waals surface area contributed by atoms with Crippen molar-refractivity contribution in [2.24, 2.45) is 0 Å². The summed E-state index contributed by atoms with van der Waals surface area (Å²) >= 11 is 6.93. The number of hydrogen-bond acceptors (Lipinski definition) is 4. The van der Waals surface area contributed by atoms with Crippen LogP contribution in [0, 0.1) is 0 Å². The van der Waals surface area contributed by atoms with E-state index in [1.807, 2.05) is 0 Å². The number of unbranched alkanes of at least 4 members (excludes halogenated alkanes) is 5. The predicted octanol–water partition coefficient (Wildman–Crippen LogP) is 4.04. The molecule has 0 saturated carbocycles. The normalized spacial score (nSPS) is 10.3. The van der Waals surface area contributed by atoms with E-state index in [1.165, 1.54) is 32.1 Å². The van der Waals surface area contributed by atoms with Crippen molar-refractivity contribution in [3.8, 4) is 0 Å². The first kappa shape index (κ1) is 18.9. The molecule has 0 spiro atoms. The zero-order valence-corrected chi connectivity index (χ0v) is 15.0. The average molecular weight is 340 g/mol. The molecule has 1 aromatic rings. The van der Waals surface area contributed by atoms with Crippen LogP contribution in [0.25, 0.3) is 0 Å². The first-order valence-corrected chi connectivity index (χ1v) is 9.17. The second kappa shape index (κ2) is 11.4. The summed E-state index contributed by atoms with van der Waals surface area (Å²) in [6, 6.07) is 5.24. The Balaban J connectivity index is 2.18. The number of hydrogen-bond donors (Lipinski definition) is 1. The lowest BCUT2D eigenvalue weighted by atomic mass is 10.1. The first-order valence-electron chi connectivity index (χ1n) is 7.77. The molecule has 0 atom stereocenters. The van der Waals surface area contributed by atoms with Crippen molar-refractivity contribution >= 4 is 34.2 Å². The lowest BCUT2D eigenvalue weighted by Crippen LogP contribution is -2.41. The van der Waals surface area contributed by atoms with Gasteiger partial charge in [-0.3, -0.25) is 20.2 Å². The van der Waals surface area contributed by atoms with Gasteiger partial charge in [-0.1, -0.05) is 69.1 Å². The van der Waals surface area contributed by atoms with Crippen molar-refractivity contribution in [3.63, 3.8) is 0 Å². The fraction of sp³-hybridized carbons (Fsp3) is 0.562. The zero-order chi connectivity index (χ0) is 16.2. The maximum atomic E-state index is 12.0.